The molecule has 21 heteroatoms. The van der Waals surface area contributed by atoms with Gasteiger partial charge in [0.15, 0.2) is 22.9 Å². The molecule has 0 aliphatic carbocycles. The molecule has 0 fully saturated rings. The van der Waals surface area contributed by atoms with Crippen LogP contribution in [0, 0.1) is 0 Å². The van der Waals surface area contributed by atoms with E-state index in [0.717, 1.165) is 0 Å². The highest BCUT2D eigenvalue weighted by Crippen LogP contribution is 2.41. The monoisotopic (exact) mass is 642 g/mol. The third-order valence-corrected chi connectivity index (χ3v) is 5.30. The number of anilines is 4. The van der Waals surface area contributed by atoms with Crippen molar-refractivity contribution in [2.24, 2.45) is 0 Å². The van der Waals surface area contributed by atoms with Crippen molar-refractivity contribution in [3.63, 3.8) is 0 Å². The first-order chi connectivity index (χ1) is 19.4. The van der Waals surface area contributed by atoms with E-state index in [0.29, 0.717) is 0 Å². The number of hydrogen-bond donors (Lipinski definition) is 3. The molecule has 4 rings (SSSR count). The lowest BCUT2D eigenvalue weighted by molar-refractivity contribution is -0.144. The van der Waals surface area contributed by atoms with E-state index in [1.807, 2.05) is 10.6 Å². The molecule has 3 N–H and O–H groups in total. The maximum atomic E-state index is 13.3. The Morgan fingerprint density at radius 1 is 0.442 bits per heavy atom. The van der Waals surface area contributed by atoms with E-state index in [9.17, 15) is 65.9 Å². The molecule has 0 radical (unpaired) electrons. The number of rotatable bonds is 4. The summed E-state index contributed by atoms with van der Waals surface area (Å²) < 4.78 is 199. The summed E-state index contributed by atoms with van der Waals surface area (Å²) in [6, 6.07) is -0.00381. The van der Waals surface area contributed by atoms with Crippen molar-refractivity contribution in [3.8, 4) is 0 Å². The second kappa shape index (κ2) is 10.1. The normalized spacial score (nSPS) is 13.5. The zero-order chi connectivity index (χ0) is 32.3. The van der Waals surface area contributed by atoms with Crippen molar-refractivity contribution in [1.29, 1.82) is 0 Å². The van der Waals surface area contributed by atoms with Crippen LogP contribution in [-0.4, -0.2) is 19.9 Å². The van der Waals surface area contributed by atoms with Gasteiger partial charge in [-0.05, 0) is 36.4 Å². The Kier molecular flexibility index (Phi) is 7.37. The Morgan fingerprint density at radius 2 is 0.791 bits per heavy atom. The summed E-state index contributed by atoms with van der Waals surface area (Å²) in [4.78, 5) is 11.8. The average Bonchev–Trinajstić information content (AvgIpc) is 3.25. The van der Waals surface area contributed by atoms with Crippen molar-refractivity contribution in [1.82, 2.24) is 19.9 Å². The molecule has 0 saturated carbocycles. The second-order valence-electron chi connectivity index (χ2n) is 8.52. The van der Waals surface area contributed by atoms with Gasteiger partial charge in [-0.3, -0.25) is 0 Å². The summed E-state index contributed by atoms with van der Waals surface area (Å²) in [5.41, 5.74) is -11.2. The van der Waals surface area contributed by atoms with Gasteiger partial charge < -0.3 is 15.6 Å². The van der Waals surface area contributed by atoms with Crippen LogP contribution in [0.3, 0.4) is 0 Å². The number of nitrogens with one attached hydrogen (secondary N) is 3. The minimum absolute atomic E-state index is 0.128. The molecule has 0 amide bonds. The molecular weight excluding hydrogens is 633 g/mol. The maximum absolute atomic E-state index is 13.3. The standard InChI is InChI=1S/C22H9F15N6/c23-18(24,25)7-1-8(19(26,27)28)4-11(3-7)38-13-14(41-16-15(40-13)42-17(43-16)22(35,36)37)39-12-5-9(20(29,30)31)2-10(6-12)21(32,33)34/h1-6H,(H3,38,39,40,41,42,43). The van der Waals surface area contributed by atoms with Gasteiger partial charge in [0.2, 0.25) is 5.82 Å². The van der Waals surface area contributed by atoms with Crippen molar-refractivity contribution in [2.75, 3.05) is 10.6 Å². The van der Waals surface area contributed by atoms with Crippen LogP contribution in [0.2, 0.25) is 0 Å². The molecule has 0 bridgehead atoms. The molecule has 2 aromatic carbocycles. The molecule has 0 atom stereocenters. The van der Waals surface area contributed by atoms with E-state index in [1.165, 1.54) is 0 Å². The van der Waals surface area contributed by atoms with Crippen molar-refractivity contribution < 1.29 is 65.9 Å². The van der Waals surface area contributed by atoms with Gasteiger partial charge in [0.25, 0.3) is 0 Å². The molecule has 2 aromatic heterocycles. The average molecular weight is 642 g/mol. The van der Waals surface area contributed by atoms with Gasteiger partial charge in [-0.2, -0.15) is 65.9 Å². The van der Waals surface area contributed by atoms with Gasteiger partial charge in [-0.25, -0.2) is 15.0 Å². The Balaban J connectivity index is 1.91. The van der Waals surface area contributed by atoms with Gasteiger partial charge in [0.05, 0.1) is 22.3 Å². The van der Waals surface area contributed by atoms with Crippen molar-refractivity contribution in [3.05, 3.63) is 64.5 Å². The fourth-order valence-corrected chi connectivity index (χ4v) is 3.47. The number of H-pyrrole nitrogens is 1. The Hall–Kier alpha value is -4.46. The van der Waals surface area contributed by atoms with E-state index < -0.39 is 93.3 Å². The number of halogens is 15. The number of imidazole rings is 1. The Bertz CT molecular complexity index is 1480. The van der Waals surface area contributed by atoms with E-state index in [4.69, 9.17) is 0 Å². The Labute approximate surface area is 227 Å². The summed E-state index contributed by atoms with van der Waals surface area (Å²) in [5, 5.41) is 3.87. The quantitative estimate of drug-likeness (QED) is 0.194. The van der Waals surface area contributed by atoms with Gasteiger partial charge in [0.1, 0.15) is 0 Å². The summed E-state index contributed by atoms with van der Waals surface area (Å²) in [6.45, 7) is 0. The topological polar surface area (TPSA) is 78.5 Å². The zero-order valence-corrected chi connectivity index (χ0v) is 20.0. The second-order valence-corrected chi connectivity index (χ2v) is 8.52. The van der Waals surface area contributed by atoms with Gasteiger partial charge in [-0.15, -0.1) is 0 Å². The number of aromatic amines is 1. The highest BCUT2D eigenvalue weighted by atomic mass is 19.4. The number of alkyl halides is 15. The van der Waals surface area contributed by atoms with Crippen LogP contribution < -0.4 is 10.6 Å². The lowest BCUT2D eigenvalue weighted by atomic mass is 10.1. The first-order valence-electron chi connectivity index (χ1n) is 10.9. The number of aromatic nitrogens is 4. The van der Waals surface area contributed by atoms with Crippen LogP contribution in [0.25, 0.3) is 11.3 Å². The van der Waals surface area contributed by atoms with Crippen LogP contribution in [0.4, 0.5) is 88.9 Å². The van der Waals surface area contributed by atoms with Crippen LogP contribution in [-0.2, 0) is 30.9 Å². The highest BCUT2D eigenvalue weighted by Gasteiger charge is 2.39. The summed E-state index contributed by atoms with van der Waals surface area (Å²) in [6.07, 6.45) is -26.5. The number of benzene rings is 2. The molecule has 43 heavy (non-hydrogen) atoms. The highest BCUT2D eigenvalue weighted by molar-refractivity contribution is 5.80. The smallest absolute Gasteiger partial charge is 0.337 e. The first kappa shape index (κ1) is 31.5. The van der Waals surface area contributed by atoms with Crippen LogP contribution in [0.1, 0.15) is 28.1 Å². The third-order valence-electron chi connectivity index (χ3n) is 5.30. The van der Waals surface area contributed by atoms with Gasteiger partial charge in [0, 0.05) is 11.4 Å². The fraction of sp³-hybridized carbons (Fsp3) is 0.227. The molecule has 6 nitrogen and oxygen atoms in total. The molecule has 0 spiro atoms. The fourth-order valence-electron chi connectivity index (χ4n) is 3.47. The summed E-state index contributed by atoms with van der Waals surface area (Å²) in [5.74, 6) is -3.77. The van der Waals surface area contributed by atoms with Gasteiger partial charge in [-0.1, -0.05) is 0 Å². The van der Waals surface area contributed by atoms with E-state index in [-0.39, 0.29) is 36.4 Å². The minimum atomic E-state index is -5.34. The SMILES string of the molecule is FC(F)(F)c1cc(Nc2nc3nc(C(F)(F)F)[nH]c3nc2Nc2cc(C(F)(F)F)cc(C(F)(F)F)c2)cc(C(F)(F)F)c1. The van der Waals surface area contributed by atoms with Crippen LogP contribution in [0.15, 0.2) is 36.4 Å². The largest absolute Gasteiger partial charge is 0.449 e. The van der Waals surface area contributed by atoms with Crippen LogP contribution in [0.5, 0.6) is 0 Å². The van der Waals surface area contributed by atoms with Crippen molar-refractivity contribution in [2.45, 2.75) is 30.9 Å². The maximum Gasteiger partial charge on any atom is 0.449 e. The number of hydrogen-bond acceptors (Lipinski definition) is 5. The zero-order valence-electron chi connectivity index (χ0n) is 20.0. The van der Waals surface area contributed by atoms with Gasteiger partial charge >= 0.3 is 30.9 Å². The summed E-state index contributed by atoms with van der Waals surface area (Å²) in [7, 11) is 0. The molecule has 0 saturated heterocycles. The lowest BCUT2D eigenvalue weighted by Crippen LogP contribution is -2.13. The Morgan fingerprint density at radius 3 is 1.12 bits per heavy atom. The van der Waals surface area contributed by atoms with E-state index in [1.54, 1.807) is 4.98 Å². The molecule has 0 unspecified atom stereocenters. The molecule has 4 aromatic rings. The minimum Gasteiger partial charge on any atom is -0.337 e. The molecule has 2 heterocycles. The number of nitrogens with zero attached hydrogens (tertiary/aromatic N) is 3. The molecule has 232 valence electrons. The molecule has 0 aliphatic heterocycles. The molecule has 0 aliphatic rings. The third kappa shape index (κ3) is 7.13. The predicted molar refractivity (Wildman–Crippen MR) is 116 cm³/mol. The van der Waals surface area contributed by atoms with E-state index in [2.05, 4.69) is 15.0 Å². The first-order valence-corrected chi connectivity index (χ1v) is 10.9. The van der Waals surface area contributed by atoms with Crippen LogP contribution >= 0.6 is 0 Å². The van der Waals surface area contributed by atoms with Crippen molar-refractivity contribution >= 4 is 34.3 Å². The lowest BCUT2D eigenvalue weighted by Gasteiger charge is -2.18. The number of fused-ring (bicyclic) bond motifs is 1. The summed E-state index contributed by atoms with van der Waals surface area (Å²) >= 11 is 0. The molecular formula is C22H9F15N6. The van der Waals surface area contributed by atoms with E-state index >= 15 is 0 Å². The predicted octanol–water partition coefficient (Wildman–Crippen LogP) is 8.93.